The van der Waals surface area contributed by atoms with Crippen LogP contribution in [0.25, 0.3) is 5.00 Å². The predicted molar refractivity (Wildman–Crippen MR) is 278 cm³/mol. The molecule has 0 radical (unpaired) electrons. The highest BCUT2D eigenvalue weighted by molar-refractivity contribution is 7.15. The third-order valence-electron chi connectivity index (χ3n) is 12.9. The molecule has 1 saturated heterocycles. The lowest BCUT2D eigenvalue weighted by atomic mass is 9.86. The maximum absolute atomic E-state index is 14.0. The standard InChI is InChI=1S/C54H53ClN8O11S/c1-32-33(2)75-51-45(32)47(36-12-14-37(55)15-13-36)58-42(48-61-60-34(3)62(48)51)30-44(65)57-38-16-18-39(19-17-38)73-29-28-72-27-26-71-25-24-70-23-22-56-41-11-7-10-40-46(41)50(67)63(49(40)66)54(21-20-43(64)59-52(54)68)53(69)74-31-35-8-5-4-6-9-35/h4-19,42,56H,20-31H2,1-3H3,(H,57,65)(H,59,64,68)/t42-,54-/m0/s1. The van der Waals surface area contributed by atoms with Gasteiger partial charge in [0.2, 0.25) is 17.4 Å². The van der Waals surface area contributed by atoms with Gasteiger partial charge in [-0.15, -0.1) is 21.5 Å². The van der Waals surface area contributed by atoms with E-state index in [1.807, 2.05) is 35.8 Å². The number of aliphatic imine (C=N–C) groups is 1. The van der Waals surface area contributed by atoms with E-state index in [1.165, 1.54) is 6.07 Å². The van der Waals surface area contributed by atoms with Crippen LogP contribution in [-0.4, -0.2) is 119 Å². The summed E-state index contributed by atoms with van der Waals surface area (Å²) in [4.78, 5) is 87.7. The van der Waals surface area contributed by atoms with E-state index in [1.54, 1.807) is 78.1 Å². The molecule has 5 heterocycles. The largest absolute Gasteiger partial charge is 0.491 e. The van der Waals surface area contributed by atoms with Crippen molar-refractivity contribution in [1.82, 2.24) is 25.0 Å². The van der Waals surface area contributed by atoms with E-state index in [-0.39, 0.29) is 56.2 Å². The first-order valence-corrected chi connectivity index (χ1v) is 25.5. The number of imide groups is 2. The summed E-state index contributed by atoms with van der Waals surface area (Å²) in [5.74, 6) is -2.89. The molecule has 3 N–H and O–H groups in total. The molecule has 0 aliphatic carbocycles. The Morgan fingerprint density at radius 1 is 0.800 bits per heavy atom. The van der Waals surface area contributed by atoms with Crippen LogP contribution in [0.3, 0.4) is 0 Å². The van der Waals surface area contributed by atoms with E-state index in [4.69, 9.17) is 40.3 Å². The number of anilines is 2. The highest BCUT2D eigenvalue weighted by Gasteiger charge is 2.62. The minimum absolute atomic E-state index is 0.000875. The Kier molecular flexibility index (Phi) is 16.2. The Morgan fingerprint density at radius 2 is 1.51 bits per heavy atom. The van der Waals surface area contributed by atoms with Gasteiger partial charge in [0.25, 0.3) is 17.7 Å². The van der Waals surface area contributed by atoms with Gasteiger partial charge < -0.3 is 34.3 Å². The van der Waals surface area contributed by atoms with Crippen molar-refractivity contribution < 1.29 is 52.5 Å². The molecular weight excluding hydrogens is 1000 g/mol. The van der Waals surface area contributed by atoms with Crippen LogP contribution in [0.1, 0.15) is 84.8 Å². The number of amides is 5. The maximum Gasteiger partial charge on any atom is 0.342 e. The van der Waals surface area contributed by atoms with E-state index in [2.05, 4.69) is 40.0 Å². The smallest absolute Gasteiger partial charge is 0.342 e. The van der Waals surface area contributed by atoms with Crippen LogP contribution in [-0.2, 0) is 44.7 Å². The van der Waals surface area contributed by atoms with Crippen LogP contribution >= 0.6 is 22.9 Å². The van der Waals surface area contributed by atoms with E-state index in [9.17, 15) is 28.8 Å². The van der Waals surface area contributed by atoms with Gasteiger partial charge in [0.1, 0.15) is 35.8 Å². The lowest BCUT2D eigenvalue weighted by molar-refractivity contribution is -0.165. The summed E-state index contributed by atoms with van der Waals surface area (Å²) in [5, 5.41) is 18.7. The number of carbonyl (C=O) groups is 6. The second-order valence-electron chi connectivity index (χ2n) is 17.8. The molecule has 21 heteroatoms. The van der Waals surface area contributed by atoms with Gasteiger partial charge in [0.05, 0.1) is 62.9 Å². The fourth-order valence-corrected chi connectivity index (χ4v) is 10.3. The van der Waals surface area contributed by atoms with Crippen molar-refractivity contribution in [1.29, 1.82) is 0 Å². The van der Waals surface area contributed by atoms with Crippen molar-refractivity contribution in [2.45, 2.75) is 58.2 Å². The molecule has 75 heavy (non-hydrogen) atoms. The second-order valence-corrected chi connectivity index (χ2v) is 19.4. The number of carbonyl (C=O) groups excluding carboxylic acids is 6. The molecule has 3 aliphatic rings. The summed E-state index contributed by atoms with van der Waals surface area (Å²) in [5.41, 5.74) is 2.91. The first-order valence-electron chi connectivity index (χ1n) is 24.3. The van der Waals surface area contributed by atoms with Crippen LogP contribution in [0.4, 0.5) is 11.4 Å². The SMILES string of the molecule is Cc1sc2c(c1C)C(c1ccc(Cl)cc1)=N[C@@H](CC(=O)Nc1ccc(OCCOCCOCCOCCNc3cccc4c3C(=O)N([C@@]3(C(=O)OCc5ccccc5)CCC(=O)NC3=O)C4=O)cc1)c1nnc(C)n1-2. The molecule has 0 unspecified atom stereocenters. The number of piperidine rings is 1. The fraction of sp³-hybridized carbons (Fsp3) is 0.315. The molecule has 4 aromatic carbocycles. The van der Waals surface area contributed by atoms with Crippen molar-refractivity contribution in [3.63, 3.8) is 0 Å². The van der Waals surface area contributed by atoms with E-state index in [0.717, 1.165) is 32.3 Å². The molecule has 9 rings (SSSR count). The Bertz CT molecular complexity index is 3160. The molecule has 0 bridgehead atoms. The lowest BCUT2D eigenvalue weighted by Gasteiger charge is -2.38. The van der Waals surface area contributed by atoms with Crippen LogP contribution in [0.5, 0.6) is 5.75 Å². The van der Waals surface area contributed by atoms with Gasteiger partial charge in [-0.05, 0) is 86.8 Å². The highest BCUT2D eigenvalue weighted by Crippen LogP contribution is 2.41. The normalized spacial score (nSPS) is 16.9. The number of aromatic nitrogens is 3. The predicted octanol–water partition coefficient (Wildman–Crippen LogP) is 6.88. The summed E-state index contributed by atoms with van der Waals surface area (Å²) in [6, 6.07) is 27.4. The fourth-order valence-electron chi connectivity index (χ4n) is 8.99. The summed E-state index contributed by atoms with van der Waals surface area (Å²) in [6.07, 6.45) is -0.668. The molecule has 0 saturated carbocycles. The van der Waals surface area contributed by atoms with E-state index < -0.39 is 47.6 Å². The Hall–Kier alpha value is -7.62. The first-order chi connectivity index (χ1) is 36.3. The van der Waals surface area contributed by atoms with E-state index >= 15 is 0 Å². The molecule has 388 valence electrons. The Morgan fingerprint density at radius 3 is 2.23 bits per heavy atom. The number of ether oxygens (including phenoxy) is 5. The molecule has 19 nitrogen and oxygen atoms in total. The molecule has 0 spiro atoms. The van der Waals surface area contributed by atoms with Crippen molar-refractivity contribution in [2.24, 2.45) is 4.99 Å². The number of aryl methyl sites for hydroxylation is 2. The monoisotopic (exact) mass is 1060 g/mol. The van der Waals surface area contributed by atoms with Gasteiger partial charge in [0.15, 0.2) is 5.82 Å². The zero-order valence-electron chi connectivity index (χ0n) is 41.3. The van der Waals surface area contributed by atoms with Crippen LogP contribution in [0.2, 0.25) is 5.02 Å². The summed E-state index contributed by atoms with van der Waals surface area (Å²) in [7, 11) is 0. The van der Waals surface area contributed by atoms with Gasteiger partial charge in [-0.2, -0.15) is 0 Å². The van der Waals surface area contributed by atoms with Gasteiger partial charge in [-0.25, -0.2) is 9.69 Å². The summed E-state index contributed by atoms with van der Waals surface area (Å²) < 4.78 is 30.3. The topological polar surface area (TPSA) is 231 Å². The Balaban J connectivity index is 0.672. The quantitative estimate of drug-likeness (QED) is 0.0272. The number of nitrogens with one attached hydrogen (secondary N) is 3. The number of halogens is 1. The zero-order valence-corrected chi connectivity index (χ0v) is 42.9. The molecule has 2 aromatic heterocycles. The van der Waals surface area contributed by atoms with Crippen LogP contribution < -0.4 is 20.7 Å². The van der Waals surface area contributed by atoms with Crippen LogP contribution in [0, 0.1) is 20.8 Å². The molecule has 6 aromatic rings. The minimum atomic E-state index is -2.38. The number of hydrogen-bond donors (Lipinski definition) is 3. The second kappa shape index (κ2) is 23.3. The van der Waals surface area contributed by atoms with Gasteiger partial charge in [0, 0.05) is 45.4 Å². The molecule has 3 aliphatic heterocycles. The Labute approximate surface area is 440 Å². The van der Waals surface area contributed by atoms with Crippen molar-refractivity contribution in [3.8, 4) is 10.8 Å². The minimum Gasteiger partial charge on any atom is -0.491 e. The van der Waals surface area contributed by atoms with Crippen LogP contribution in [0.15, 0.2) is 102 Å². The lowest BCUT2D eigenvalue weighted by Crippen LogP contribution is -2.68. The first kappa shape index (κ1) is 52.3. The third kappa shape index (κ3) is 11.3. The molecular formula is C54H53ClN8O11S. The summed E-state index contributed by atoms with van der Waals surface area (Å²) >= 11 is 7.90. The van der Waals surface area contributed by atoms with Gasteiger partial charge >= 0.3 is 5.97 Å². The molecule has 1 fully saturated rings. The number of fused-ring (bicyclic) bond motifs is 4. The summed E-state index contributed by atoms with van der Waals surface area (Å²) in [6.45, 7) is 8.18. The maximum atomic E-state index is 14.0. The van der Waals surface area contributed by atoms with Crippen molar-refractivity contribution in [3.05, 3.63) is 152 Å². The molecule has 5 amide bonds. The number of nitrogens with zero attached hydrogens (tertiary/aromatic N) is 5. The van der Waals surface area contributed by atoms with Gasteiger partial charge in [-0.3, -0.25) is 38.8 Å². The molecule has 2 atom stereocenters. The average molecular weight is 1060 g/mol. The van der Waals surface area contributed by atoms with Crippen molar-refractivity contribution >= 4 is 75.5 Å². The number of rotatable bonds is 22. The van der Waals surface area contributed by atoms with Crippen molar-refractivity contribution in [2.75, 3.05) is 63.4 Å². The number of thiophene rings is 1. The number of esters is 1. The average Bonchev–Trinajstić information content (AvgIpc) is 3.99. The number of benzene rings is 4. The van der Waals surface area contributed by atoms with Gasteiger partial charge in [-0.1, -0.05) is 60.1 Å². The highest BCUT2D eigenvalue weighted by atomic mass is 35.5. The number of hydrogen-bond acceptors (Lipinski definition) is 16. The zero-order chi connectivity index (χ0) is 52.6. The third-order valence-corrected chi connectivity index (χ3v) is 14.3. The van der Waals surface area contributed by atoms with E-state index in [0.29, 0.717) is 77.3 Å².